The van der Waals surface area contributed by atoms with Gasteiger partial charge in [0.25, 0.3) is 0 Å². The Bertz CT molecular complexity index is 511. The van der Waals surface area contributed by atoms with Gasteiger partial charge >= 0.3 is 0 Å². The van der Waals surface area contributed by atoms with Gasteiger partial charge in [0, 0.05) is 32.9 Å². The first kappa shape index (κ1) is 19.2. The van der Waals surface area contributed by atoms with Crippen LogP contribution in [0.3, 0.4) is 0 Å². The van der Waals surface area contributed by atoms with Crippen molar-refractivity contribution in [2.45, 2.75) is 33.3 Å². The van der Waals surface area contributed by atoms with E-state index in [2.05, 4.69) is 60.2 Å². The van der Waals surface area contributed by atoms with Gasteiger partial charge in [-0.2, -0.15) is 0 Å². The normalized spacial score (nSPS) is 16.0. The van der Waals surface area contributed by atoms with Gasteiger partial charge in [0.15, 0.2) is 5.96 Å². The zero-order valence-electron chi connectivity index (χ0n) is 14.2. The number of fused-ring (bicyclic) bond motifs is 1. The molecule has 0 bridgehead atoms. The number of aliphatic imine (C=N–C) groups is 1. The van der Waals surface area contributed by atoms with Crippen LogP contribution in [0.15, 0.2) is 29.3 Å². The lowest BCUT2D eigenvalue weighted by atomic mass is 9.89. The molecular formula is C17H28IN3O. The van der Waals surface area contributed by atoms with Crippen molar-refractivity contribution in [2.75, 3.05) is 32.1 Å². The van der Waals surface area contributed by atoms with Gasteiger partial charge in [-0.1, -0.05) is 39.0 Å². The van der Waals surface area contributed by atoms with E-state index in [4.69, 9.17) is 4.74 Å². The second-order valence-corrected chi connectivity index (χ2v) is 6.55. The van der Waals surface area contributed by atoms with E-state index >= 15 is 0 Å². The van der Waals surface area contributed by atoms with Gasteiger partial charge in [-0.15, -0.1) is 24.0 Å². The lowest BCUT2D eigenvalue weighted by Gasteiger charge is -2.31. The number of nitrogens with zero attached hydrogens (tertiary/aromatic N) is 2. The van der Waals surface area contributed by atoms with E-state index in [0.29, 0.717) is 0 Å². The average molecular weight is 417 g/mol. The summed E-state index contributed by atoms with van der Waals surface area (Å²) in [6, 6.07) is 8.53. The van der Waals surface area contributed by atoms with Crippen molar-refractivity contribution in [2.24, 2.45) is 10.4 Å². The first-order valence-electron chi connectivity index (χ1n) is 7.56. The molecule has 0 spiro atoms. The van der Waals surface area contributed by atoms with Gasteiger partial charge in [0.05, 0.1) is 6.10 Å². The van der Waals surface area contributed by atoms with Crippen LogP contribution in [-0.4, -0.2) is 39.3 Å². The maximum Gasteiger partial charge on any atom is 0.198 e. The number of rotatable bonds is 3. The summed E-state index contributed by atoms with van der Waals surface area (Å²) >= 11 is 0. The van der Waals surface area contributed by atoms with Gasteiger partial charge < -0.3 is 15.0 Å². The molecule has 0 saturated carbocycles. The monoisotopic (exact) mass is 417 g/mol. The highest BCUT2D eigenvalue weighted by Crippen LogP contribution is 2.27. The van der Waals surface area contributed by atoms with Gasteiger partial charge in [-0.05, 0) is 23.5 Å². The number of hydrogen-bond donors (Lipinski definition) is 1. The highest BCUT2D eigenvalue weighted by Gasteiger charge is 2.27. The summed E-state index contributed by atoms with van der Waals surface area (Å²) in [4.78, 5) is 6.69. The Hall–Kier alpha value is -0.820. The Balaban J connectivity index is 0.00000242. The summed E-state index contributed by atoms with van der Waals surface area (Å²) in [5, 5.41) is 3.46. The molecule has 1 aliphatic heterocycles. The maximum atomic E-state index is 5.61. The van der Waals surface area contributed by atoms with Crippen LogP contribution in [0.4, 0.5) is 5.69 Å². The lowest BCUT2D eigenvalue weighted by Crippen LogP contribution is -2.46. The van der Waals surface area contributed by atoms with E-state index < -0.39 is 0 Å². The number of hydrogen-bond acceptors (Lipinski definition) is 2. The van der Waals surface area contributed by atoms with Crippen LogP contribution in [0.5, 0.6) is 0 Å². The molecule has 1 atom stereocenters. The van der Waals surface area contributed by atoms with Gasteiger partial charge in [0.1, 0.15) is 0 Å². The van der Waals surface area contributed by atoms with E-state index in [9.17, 15) is 0 Å². The SMILES string of the molecule is CN=C(NCC(OC)C(C)(C)C)N1CCc2ccccc21.I. The summed E-state index contributed by atoms with van der Waals surface area (Å²) in [6.07, 6.45) is 1.22. The number of para-hydroxylation sites is 1. The number of benzene rings is 1. The van der Waals surface area contributed by atoms with Crippen LogP contribution in [-0.2, 0) is 11.2 Å². The third-order valence-corrected chi connectivity index (χ3v) is 4.05. The topological polar surface area (TPSA) is 36.9 Å². The predicted octanol–water partition coefficient (Wildman–Crippen LogP) is 3.30. The first-order valence-corrected chi connectivity index (χ1v) is 7.56. The Morgan fingerprint density at radius 2 is 2.05 bits per heavy atom. The van der Waals surface area contributed by atoms with Crippen molar-refractivity contribution in [1.29, 1.82) is 0 Å². The number of anilines is 1. The van der Waals surface area contributed by atoms with Gasteiger partial charge in [-0.25, -0.2) is 0 Å². The molecular weight excluding hydrogens is 389 g/mol. The zero-order chi connectivity index (χ0) is 15.5. The molecule has 1 aromatic rings. The fourth-order valence-corrected chi connectivity index (χ4v) is 2.78. The van der Waals surface area contributed by atoms with Gasteiger partial charge in [0.2, 0.25) is 0 Å². The summed E-state index contributed by atoms with van der Waals surface area (Å²) in [6.45, 7) is 8.31. The fraction of sp³-hybridized carbons (Fsp3) is 0.588. The second-order valence-electron chi connectivity index (χ2n) is 6.55. The van der Waals surface area contributed by atoms with Crippen molar-refractivity contribution in [1.82, 2.24) is 5.32 Å². The first-order chi connectivity index (χ1) is 9.97. The van der Waals surface area contributed by atoms with Crippen molar-refractivity contribution >= 4 is 35.6 Å². The molecule has 22 heavy (non-hydrogen) atoms. The van der Waals surface area contributed by atoms with Gasteiger partial charge in [-0.3, -0.25) is 4.99 Å². The van der Waals surface area contributed by atoms with E-state index in [1.165, 1.54) is 11.3 Å². The Kier molecular flexibility index (Phi) is 7.12. The third-order valence-electron chi connectivity index (χ3n) is 4.05. The number of methoxy groups -OCH3 is 1. The van der Waals surface area contributed by atoms with Crippen molar-refractivity contribution in [3.63, 3.8) is 0 Å². The molecule has 5 heteroatoms. The van der Waals surface area contributed by atoms with Crippen LogP contribution >= 0.6 is 24.0 Å². The zero-order valence-corrected chi connectivity index (χ0v) is 16.5. The third kappa shape index (κ3) is 4.35. The minimum Gasteiger partial charge on any atom is -0.379 e. The average Bonchev–Trinajstić information content (AvgIpc) is 2.86. The van der Waals surface area contributed by atoms with Crippen molar-refractivity contribution in [3.8, 4) is 0 Å². The summed E-state index contributed by atoms with van der Waals surface area (Å²) in [7, 11) is 3.60. The van der Waals surface area contributed by atoms with Crippen molar-refractivity contribution in [3.05, 3.63) is 29.8 Å². The highest BCUT2D eigenvalue weighted by atomic mass is 127. The molecule has 1 N–H and O–H groups in total. The largest absolute Gasteiger partial charge is 0.379 e. The molecule has 0 aliphatic carbocycles. The molecule has 124 valence electrons. The summed E-state index contributed by atoms with van der Waals surface area (Å²) in [5.74, 6) is 0.922. The van der Waals surface area contributed by atoms with Crippen LogP contribution in [0.2, 0.25) is 0 Å². The number of guanidine groups is 1. The minimum atomic E-state index is 0. The highest BCUT2D eigenvalue weighted by molar-refractivity contribution is 14.0. The molecule has 1 aromatic carbocycles. The number of ether oxygens (including phenoxy) is 1. The molecule has 0 radical (unpaired) electrons. The summed E-state index contributed by atoms with van der Waals surface area (Å²) < 4.78 is 5.61. The number of halogens is 1. The molecule has 1 unspecified atom stereocenters. The molecule has 0 fully saturated rings. The van der Waals surface area contributed by atoms with Crippen LogP contribution < -0.4 is 10.2 Å². The van der Waals surface area contributed by atoms with Crippen LogP contribution in [0.1, 0.15) is 26.3 Å². The van der Waals surface area contributed by atoms with E-state index in [-0.39, 0.29) is 35.5 Å². The standard InChI is InChI=1S/C17H27N3O.HI/c1-17(2,3)15(21-5)12-19-16(18-4)20-11-10-13-8-6-7-9-14(13)20;/h6-9,15H,10-12H2,1-5H3,(H,18,19);1H. The van der Waals surface area contributed by atoms with Crippen LogP contribution in [0, 0.1) is 5.41 Å². The molecule has 4 nitrogen and oxygen atoms in total. The Labute approximate surface area is 151 Å². The molecule has 0 aromatic heterocycles. The Morgan fingerprint density at radius 1 is 1.36 bits per heavy atom. The van der Waals surface area contributed by atoms with Crippen LogP contribution in [0.25, 0.3) is 0 Å². The molecule has 0 amide bonds. The van der Waals surface area contributed by atoms with E-state index in [1.807, 2.05) is 7.05 Å². The molecule has 1 aliphatic rings. The minimum absolute atomic E-state index is 0. The quantitative estimate of drug-likeness (QED) is 0.466. The molecule has 0 saturated heterocycles. The Morgan fingerprint density at radius 3 is 2.64 bits per heavy atom. The maximum absolute atomic E-state index is 5.61. The fourth-order valence-electron chi connectivity index (χ4n) is 2.78. The lowest BCUT2D eigenvalue weighted by molar-refractivity contribution is 0.0206. The molecule has 1 heterocycles. The predicted molar refractivity (Wildman–Crippen MR) is 105 cm³/mol. The smallest absolute Gasteiger partial charge is 0.198 e. The number of nitrogens with one attached hydrogen (secondary N) is 1. The van der Waals surface area contributed by atoms with E-state index in [1.54, 1.807) is 7.11 Å². The second kappa shape index (κ2) is 8.15. The summed E-state index contributed by atoms with van der Waals surface area (Å²) in [5.41, 5.74) is 2.75. The molecule has 2 rings (SSSR count). The van der Waals surface area contributed by atoms with E-state index in [0.717, 1.165) is 25.5 Å². The van der Waals surface area contributed by atoms with Crippen molar-refractivity contribution < 1.29 is 4.74 Å².